The predicted molar refractivity (Wildman–Crippen MR) is 85.1 cm³/mol. The number of halogens is 3. The van der Waals surface area contributed by atoms with E-state index in [0.29, 0.717) is 17.0 Å². The van der Waals surface area contributed by atoms with Crippen LogP contribution in [0, 0.1) is 5.82 Å². The van der Waals surface area contributed by atoms with Crippen molar-refractivity contribution in [2.45, 2.75) is 32.3 Å². The van der Waals surface area contributed by atoms with Crippen molar-refractivity contribution in [1.29, 1.82) is 0 Å². The SMILES string of the molecule is CCc1nn(C)c(CC(O)Cc2c(F)cccc2Cl)c1Br. The van der Waals surface area contributed by atoms with Crippen LogP contribution in [0.25, 0.3) is 0 Å². The molecule has 0 amide bonds. The van der Waals surface area contributed by atoms with Crippen LogP contribution in [0.5, 0.6) is 0 Å². The van der Waals surface area contributed by atoms with Gasteiger partial charge in [0.15, 0.2) is 0 Å². The Balaban J connectivity index is 2.16. The van der Waals surface area contributed by atoms with Crippen LogP contribution in [0.3, 0.4) is 0 Å². The third-order valence-corrected chi connectivity index (χ3v) is 4.70. The monoisotopic (exact) mass is 374 g/mol. The second-order valence-corrected chi connectivity index (χ2v) is 6.15. The van der Waals surface area contributed by atoms with E-state index in [1.807, 2.05) is 14.0 Å². The average molecular weight is 376 g/mol. The highest BCUT2D eigenvalue weighted by atomic mass is 79.9. The third-order valence-electron chi connectivity index (χ3n) is 3.43. The number of aromatic nitrogens is 2. The molecule has 0 radical (unpaired) electrons. The van der Waals surface area contributed by atoms with Crippen molar-refractivity contribution in [1.82, 2.24) is 9.78 Å². The Bertz CT molecular complexity index is 625. The van der Waals surface area contributed by atoms with Crippen molar-refractivity contribution in [3.63, 3.8) is 0 Å². The van der Waals surface area contributed by atoms with Crippen LogP contribution in [0.4, 0.5) is 4.39 Å². The van der Waals surface area contributed by atoms with Crippen LogP contribution in [-0.2, 0) is 26.3 Å². The molecule has 0 saturated heterocycles. The molecule has 2 aromatic rings. The van der Waals surface area contributed by atoms with Crippen molar-refractivity contribution >= 4 is 27.5 Å². The number of aryl methyl sites for hydroxylation is 2. The second kappa shape index (κ2) is 6.90. The number of aliphatic hydroxyl groups excluding tert-OH is 1. The average Bonchev–Trinajstić information content (AvgIpc) is 2.70. The number of aliphatic hydroxyl groups is 1. The fourth-order valence-corrected chi connectivity index (χ4v) is 3.32. The van der Waals surface area contributed by atoms with Crippen molar-refractivity contribution < 1.29 is 9.50 Å². The van der Waals surface area contributed by atoms with Gasteiger partial charge in [-0.05, 0) is 34.5 Å². The normalized spacial score (nSPS) is 12.7. The summed E-state index contributed by atoms with van der Waals surface area (Å²) >= 11 is 9.50. The lowest BCUT2D eigenvalue weighted by atomic mass is 10.0. The fraction of sp³-hybridized carbons (Fsp3) is 0.400. The van der Waals surface area contributed by atoms with E-state index in [0.717, 1.165) is 22.3 Å². The lowest BCUT2D eigenvalue weighted by Crippen LogP contribution is -2.17. The van der Waals surface area contributed by atoms with Gasteiger partial charge in [0.2, 0.25) is 0 Å². The maximum Gasteiger partial charge on any atom is 0.127 e. The molecule has 0 aliphatic rings. The molecule has 0 aliphatic carbocycles. The minimum atomic E-state index is -0.726. The first kappa shape index (κ1) is 16.5. The van der Waals surface area contributed by atoms with Crippen molar-refractivity contribution in [2.75, 3.05) is 0 Å². The Hall–Kier alpha value is -0.910. The van der Waals surface area contributed by atoms with Gasteiger partial charge in [0.05, 0.1) is 22.0 Å². The summed E-state index contributed by atoms with van der Waals surface area (Å²) in [5.74, 6) is -0.389. The molecule has 0 saturated carbocycles. The molecule has 21 heavy (non-hydrogen) atoms. The van der Waals surface area contributed by atoms with Gasteiger partial charge in [-0.3, -0.25) is 4.68 Å². The van der Waals surface area contributed by atoms with Crippen LogP contribution in [-0.4, -0.2) is 21.0 Å². The van der Waals surface area contributed by atoms with Crippen LogP contribution in [0.1, 0.15) is 23.9 Å². The molecule has 1 heterocycles. The molecular weight excluding hydrogens is 359 g/mol. The standard InChI is InChI=1S/C15H17BrClFN2O/c1-3-13-15(16)14(20(2)19-13)8-9(21)7-10-11(17)5-4-6-12(10)18/h4-6,9,21H,3,7-8H2,1-2H3. The van der Waals surface area contributed by atoms with Gasteiger partial charge in [-0.15, -0.1) is 0 Å². The summed E-state index contributed by atoms with van der Waals surface area (Å²) in [6.45, 7) is 2.02. The Morgan fingerprint density at radius 3 is 2.71 bits per heavy atom. The highest BCUT2D eigenvalue weighted by Gasteiger charge is 2.18. The molecule has 1 atom stereocenters. The zero-order valence-corrected chi connectivity index (χ0v) is 14.2. The first-order valence-electron chi connectivity index (χ1n) is 6.75. The van der Waals surface area contributed by atoms with Crippen LogP contribution in [0.15, 0.2) is 22.7 Å². The van der Waals surface area contributed by atoms with Gasteiger partial charge in [0, 0.05) is 30.5 Å². The maximum absolute atomic E-state index is 13.7. The van der Waals surface area contributed by atoms with Gasteiger partial charge in [0.25, 0.3) is 0 Å². The quantitative estimate of drug-likeness (QED) is 0.865. The van der Waals surface area contributed by atoms with Crippen molar-refractivity contribution in [2.24, 2.45) is 7.05 Å². The Morgan fingerprint density at radius 1 is 1.43 bits per heavy atom. The van der Waals surface area contributed by atoms with E-state index >= 15 is 0 Å². The minimum Gasteiger partial charge on any atom is -0.392 e. The van der Waals surface area contributed by atoms with E-state index in [4.69, 9.17) is 11.6 Å². The molecule has 3 nitrogen and oxygen atoms in total. The molecule has 0 aliphatic heterocycles. The largest absolute Gasteiger partial charge is 0.392 e. The summed E-state index contributed by atoms with van der Waals surface area (Å²) in [6.07, 6.45) is 0.638. The molecule has 1 aromatic heterocycles. The lowest BCUT2D eigenvalue weighted by Gasteiger charge is -2.13. The number of hydrogen-bond donors (Lipinski definition) is 1. The third kappa shape index (κ3) is 3.65. The predicted octanol–water partition coefficient (Wildman–Crippen LogP) is 3.68. The topological polar surface area (TPSA) is 38.0 Å². The molecule has 2 rings (SSSR count). The van der Waals surface area contributed by atoms with Crippen LogP contribution in [0.2, 0.25) is 5.02 Å². The first-order valence-corrected chi connectivity index (χ1v) is 7.92. The molecular formula is C15H17BrClFN2O. The number of benzene rings is 1. The van der Waals surface area contributed by atoms with Gasteiger partial charge < -0.3 is 5.11 Å². The number of rotatable bonds is 5. The van der Waals surface area contributed by atoms with E-state index < -0.39 is 6.10 Å². The highest BCUT2D eigenvalue weighted by molar-refractivity contribution is 9.10. The molecule has 1 unspecified atom stereocenters. The molecule has 1 aromatic carbocycles. The van der Waals surface area contributed by atoms with Gasteiger partial charge in [-0.25, -0.2) is 4.39 Å². The summed E-state index contributed by atoms with van der Waals surface area (Å²) in [5, 5.41) is 15.0. The summed E-state index contributed by atoms with van der Waals surface area (Å²) in [4.78, 5) is 0. The molecule has 0 spiro atoms. The Kier molecular flexibility index (Phi) is 5.41. The summed E-state index contributed by atoms with van der Waals surface area (Å²) in [6, 6.07) is 4.53. The van der Waals surface area contributed by atoms with Gasteiger partial charge >= 0.3 is 0 Å². The number of nitrogens with zero attached hydrogens (tertiary/aromatic N) is 2. The minimum absolute atomic E-state index is 0.171. The lowest BCUT2D eigenvalue weighted by molar-refractivity contribution is 0.171. The zero-order valence-electron chi connectivity index (χ0n) is 11.9. The Labute approximate surface area is 136 Å². The summed E-state index contributed by atoms with van der Waals surface area (Å²) < 4.78 is 16.4. The zero-order chi connectivity index (χ0) is 15.6. The first-order chi connectivity index (χ1) is 9.93. The number of hydrogen-bond acceptors (Lipinski definition) is 2. The van der Waals surface area contributed by atoms with E-state index in [1.165, 1.54) is 6.07 Å². The fourth-order valence-electron chi connectivity index (χ4n) is 2.30. The summed E-state index contributed by atoms with van der Waals surface area (Å²) in [5.41, 5.74) is 2.19. The molecule has 0 fully saturated rings. The Morgan fingerprint density at radius 2 is 2.14 bits per heavy atom. The molecule has 114 valence electrons. The second-order valence-electron chi connectivity index (χ2n) is 4.95. The maximum atomic E-state index is 13.7. The van der Waals surface area contributed by atoms with Gasteiger partial charge in [-0.2, -0.15) is 5.10 Å². The molecule has 1 N–H and O–H groups in total. The van der Waals surface area contributed by atoms with E-state index in [-0.39, 0.29) is 12.2 Å². The van der Waals surface area contributed by atoms with Crippen LogP contribution >= 0.6 is 27.5 Å². The van der Waals surface area contributed by atoms with E-state index in [1.54, 1.807) is 16.8 Å². The van der Waals surface area contributed by atoms with Gasteiger partial charge in [0.1, 0.15) is 5.82 Å². The van der Waals surface area contributed by atoms with Gasteiger partial charge in [-0.1, -0.05) is 24.6 Å². The smallest absolute Gasteiger partial charge is 0.127 e. The molecule has 0 bridgehead atoms. The highest BCUT2D eigenvalue weighted by Crippen LogP contribution is 2.25. The molecule has 6 heteroatoms. The van der Waals surface area contributed by atoms with Crippen molar-refractivity contribution in [3.8, 4) is 0 Å². The van der Waals surface area contributed by atoms with Crippen molar-refractivity contribution in [3.05, 3.63) is 50.5 Å². The van der Waals surface area contributed by atoms with E-state index in [2.05, 4.69) is 21.0 Å². The van der Waals surface area contributed by atoms with E-state index in [9.17, 15) is 9.50 Å². The summed E-state index contributed by atoms with van der Waals surface area (Å²) in [7, 11) is 1.84. The van der Waals surface area contributed by atoms with Crippen LogP contribution < -0.4 is 0 Å².